The van der Waals surface area contributed by atoms with Crippen LogP contribution in [0.25, 0.3) is 11.1 Å². The maximum atomic E-state index is 14.0. The van der Waals surface area contributed by atoms with Gasteiger partial charge in [-0.1, -0.05) is 35.5 Å². The van der Waals surface area contributed by atoms with Crippen LogP contribution in [0.15, 0.2) is 71.7 Å². The fourth-order valence-electron chi connectivity index (χ4n) is 10.7. The van der Waals surface area contributed by atoms with Gasteiger partial charge >= 0.3 is 0 Å². The Morgan fingerprint density at radius 2 is 1.62 bits per heavy atom. The summed E-state index contributed by atoms with van der Waals surface area (Å²) in [7, 11) is 0. The molecule has 19 nitrogen and oxygen atoms in total. The van der Waals surface area contributed by atoms with Crippen molar-refractivity contribution < 1.29 is 33.5 Å². The van der Waals surface area contributed by atoms with Crippen LogP contribution in [0.3, 0.4) is 0 Å². The number of aryl methyl sites for hydroxylation is 3. The number of ether oxygens (including phenoxy) is 1. The molecule has 19 heteroatoms. The summed E-state index contributed by atoms with van der Waals surface area (Å²) in [6.07, 6.45) is 6.22. The van der Waals surface area contributed by atoms with E-state index in [9.17, 15) is 33.6 Å². The summed E-state index contributed by atoms with van der Waals surface area (Å²) in [4.78, 5) is 102. The number of anilines is 2. The van der Waals surface area contributed by atoms with E-state index < -0.39 is 35.6 Å². The summed E-state index contributed by atoms with van der Waals surface area (Å²) in [5.74, 6) is -3.19. The second-order valence-corrected chi connectivity index (χ2v) is 19.8. The molecule has 0 aliphatic carbocycles. The summed E-state index contributed by atoms with van der Waals surface area (Å²) in [5, 5.41) is 16.4. The van der Waals surface area contributed by atoms with Gasteiger partial charge in [-0.3, -0.25) is 48.7 Å². The average Bonchev–Trinajstić information content (AvgIpc) is 3.94. The number of nitrogens with one attached hydrogen (secondary N) is 4. The zero-order valence-corrected chi connectivity index (χ0v) is 42.6. The number of pyridine rings is 1. The van der Waals surface area contributed by atoms with Crippen LogP contribution in [0.2, 0.25) is 0 Å². The molecular weight excluding hydrogens is 943 g/mol. The lowest BCUT2D eigenvalue weighted by atomic mass is 9.94. The second kappa shape index (κ2) is 22.8. The Labute approximate surface area is 430 Å². The Kier molecular flexibility index (Phi) is 15.9. The second-order valence-electron chi connectivity index (χ2n) is 19.8. The van der Waals surface area contributed by atoms with Gasteiger partial charge in [0.25, 0.3) is 23.3 Å². The molecule has 6 heterocycles. The average molecular weight is 1010 g/mol. The van der Waals surface area contributed by atoms with Crippen molar-refractivity contribution in [2.75, 3.05) is 62.7 Å². The van der Waals surface area contributed by atoms with Crippen LogP contribution in [0.5, 0.6) is 0 Å². The van der Waals surface area contributed by atoms with E-state index >= 15 is 0 Å². The van der Waals surface area contributed by atoms with Crippen LogP contribution in [0.4, 0.5) is 11.4 Å². The quantitative estimate of drug-likeness (QED) is 0.0693. The number of benzene rings is 3. The zero-order valence-electron chi connectivity index (χ0n) is 42.6. The molecule has 388 valence electrons. The first kappa shape index (κ1) is 51.5. The highest BCUT2D eigenvalue weighted by Crippen LogP contribution is 2.35. The molecule has 6 amide bonds. The minimum Gasteiger partial charge on any atom is -0.381 e. The van der Waals surface area contributed by atoms with Crippen molar-refractivity contribution in [3.05, 3.63) is 128 Å². The predicted octanol–water partition coefficient (Wildman–Crippen LogP) is 4.67. The largest absolute Gasteiger partial charge is 0.381 e. The number of nitrogens with zero attached hydrogens (tertiary/aromatic N) is 7. The number of aromatic nitrogens is 4. The van der Waals surface area contributed by atoms with Gasteiger partial charge in [0, 0.05) is 100 Å². The molecule has 3 saturated heterocycles. The van der Waals surface area contributed by atoms with E-state index in [2.05, 4.69) is 83.2 Å². The SMILES string of the molecule is CCN(c1cc(-c2ccc(CN3CCN(CCCCc4cn(CC(=O)Nc5cccc6c5C(=O)N(C5CCC(=O)NC5=O)C6=O)nn4)CC3)cc2)cc(C(=O)NCc2c(C)cc(C)[nH]c2=O)c1C)C1CCOCC1. The van der Waals surface area contributed by atoms with Gasteiger partial charge in [0.1, 0.15) is 12.6 Å². The highest BCUT2D eigenvalue weighted by Gasteiger charge is 2.46. The Hall–Kier alpha value is -7.35. The van der Waals surface area contributed by atoms with Crippen LogP contribution in [0.1, 0.15) is 110 Å². The number of amides is 6. The molecule has 4 N–H and O–H groups in total. The maximum absolute atomic E-state index is 14.0. The number of rotatable bonds is 18. The topological polar surface area (TPSA) is 224 Å². The third-order valence-corrected chi connectivity index (χ3v) is 14.8. The number of carbonyl (C=O) groups excluding carboxylic acids is 6. The first-order chi connectivity index (χ1) is 35.7. The van der Waals surface area contributed by atoms with Gasteiger partial charge in [0.15, 0.2) is 0 Å². The number of aromatic amines is 1. The van der Waals surface area contributed by atoms with E-state index in [0.29, 0.717) is 36.8 Å². The minimum absolute atomic E-state index is 0.00605. The van der Waals surface area contributed by atoms with Gasteiger partial charge in [-0.05, 0) is 131 Å². The molecule has 4 aliphatic rings. The summed E-state index contributed by atoms with van der Waals surface area (Å²) < 4.78 is 7.15. The van der Waals surface area contributed by atoms with E-state index in [1.807, 2.05) is 32.9 Å². The van der Waals surface area contributed by atoms with E-state index in [-0.39, 0.29) is 54.2 Å². The molecule has 1 atom stereocenters. The predicted molar refractivity (Wildman–Crippen MR) is 278 cm³/mol. The number of fused-ring (bicyclic) bond motifs is 1. The molecule has 5 aromatic rings. The van der Waals surface area contributed by atoms with E-state index in [1.165, 1.54) is 22.4 Å². The summed E-state index contributed by atoms with van der Waals surface area (Å²) in [5.41, 5.74) is 8.76. The molecule has 3 aromatic carbocycles. The van der Waals surface area contributed by atoms with Gasteiger partial charge in [0.2, 0.25) is 17.7 Å². The highest BCUT2D eigenvalue weighted by molar-refractivity contribution is 6.26. The Bertz CT molecular complexity index is 3010. The van der Waals surface area contributed by atoms with E-state index in [1.54, 1.807) is 12.3 Å². The molecule has 0 radical (unpaired) electrons. The number of imide groups is 2. The molecule has 0 spiro atoms. The molecule has 3 fully saturated rings. The molecule has 4 aliphatic heterocycles. The first-order valence-corrected chi connectivity index (χ1v) is 25.8. The third-order valence-electron chi connectivity index (χ3n) is 14.8. The lowest BCUT2D eigenvalue weighted by Gasteiger charge is -2.37. The minimum atomic E-state index is -1.11. The van der Waals surface area contributed by atoms with Gasteiger partial charge in [-0.15, -0.1) is 5.10 Å². The van der Waals surface area contributed by atoms with Crippen molar-refractivity contribution in [3.63, 3.8) is 0 Å². The van der Waals surface area contributed by atoms with Crippen molar-refractivity contribution in [3.8, 4) is 11.1 Å². The standard InChI is InChI=1S/C55H65N11O8/c1-5-65(41-18-25-74-26-19-41)47-29-39(28-43(36(47)4)51(69)56-30-44-34(2)27-35(3)57-52(44)70)38-14-12-37(13-15-38)31-63-23-21-62(22-24-63)20-7-6-9-40-32-64(61-60-40)33-49(68)58-45-11-8-10-42-50(45)55(73)66(54(42)72)46-16-17-48(67)59-53(46)71/h8,10-15,27-29,32,41,46H,5-7,9,16-26,30-31,33H2,1-4H3,(H,56,69)(H,57,70)(H,58,68)(H,59,67,71). The Morgan fingerprint density at radius 3 is 2.35 bits per heavy atom. The van der Waals surface area contributed by atoms with Gasteiger partial charge < -0.3 is 30.2 Å². The van der Waals surface area contributed by atoms with Crippen LogP contribution in [-0.4, -0.2) is 135 Å². The first-order valence-electron chi connectivity index (χ1n) is 25.8. The van der Waals surface area contributed by atoms with Crippen LogP contribution >= 0.6 is 0 Å². The van der Waals surface area contributed by atoms with Gasteiger partial charge in [-0.2, -0.15) is 0 Å². The molecule has 74 heavy (non-hydrogen) atoms. The number of hydrogen-bond acceptors (Lipinski definition) is 13. The Balaban J connectivity index is 0.741. The van der Waals surface area contributed by atoms with Crippen molar-refractivity contribution in [2.45, 2.75) is 104 Å². The van der Waals surface area contributed by atoms with Crippen molar-refractivity contribution in [2.24, 2.45) is 0 Å². The monoisotopic (exact) mass is 1010 g/mol. The number of unbranched alkanes of at least 4 members (excludes halogenated alkanes) is 1. The van der Waals surface area contributed by atoms with Gasteiger partial charge in [-0.25, -0.2) is 4.68 Å². The summed E-state index contributed by atoms with van der Waals surface area (Å²) >= 11 is 0. The lowest BCUT2D eigenvalue weighted by molar-refractivity contribution is -0.136. The molecule has 1 unspecified atom stereocenters. The lowest BCUT2D eigenvalue weighted by Crippen LogP contribution is -2.54. The molecule has 0 bridgehead atoms. The van der Waals surface area contributed by atoms with Crippen LogP contribution < -0.4 is 26.4 Å². The third kappa shape index (κ3) is 11.5. The van der Waals surface area contributed by atoms with Crippen molar-refractivity contribution >= 4 is 46.8 Å². The molecular formula is C55H65N11O8. The smallest absolute Gasteiger partial charge is 0.264 e. The van der Waals surface area contributed by atoms with Crippen molar-refractivity contribution in [1.29, 1.82) is 0 Å². The number of H-pyrrole nitrogens is 1. The number of hydrogen-bond donors (Lipinski definition) is 4. The maximum Gasteiger partial charge on any atom is 0.264 e. The normalized spacial score (nSPS) is 17.6. The van der Waals surface area contributed by atoms with Gasteiger partial charge in [0.05, 0.1) is 22.5 Å². The van der Waals surface area contributed by atoms with Crippen LogP contribution in [0, 0.1) is 20.8 Å². The molecule has 9 rings (SSSR count). The Morgan fingerprint density at radius 1 is 0.865 bits per heavy atom. The van der Waals surface area contributed by atoms with E-state index in [0.717, 1.165) is 116 Å². The number of piperidine rings is 1. The molecule has 2 aromatic heterocycles. The highest BCUT2D eigenvalue weighted by atomic mass is 16.5. The fourth-order valence-corrected chi connectivity index (χ4v) is 10.7. The van der Waals surface area contributed by atoms with E-state index in [4.69, 9.17) is 4.74 Å². The summed E-state index contributed by atoms with van der Waals surface area (Å²) in [6, 6.07) is 18.6. The van der Waals surface area contributed by atoms with Crippen molar-refractivity contribution in [1.82, 2.24) is 45.3 Å². The summed E-state index contributed by atoms with van der Waals surface area (Å²) in [6.45, 7) is 15.8. The van der Waals surface area contributed by atoms with Crippen LogP contribution in [-0.2, 0) is 45.2 Å². The fraction of sp³-hybridized carbons (Fsp3) is 0.436. The zero-order chi connectivity index (χ0) is 52.0. The number of piperazine rings is 1. The molecule has 0 saturated carbocycles. The number of carbonyl (C=O) groups is 6.